The summed E-state index contributed by atoms with van der Waals surface area (Å²) in [5.41, 5.74) is 0.262. The maximum Gasteiger partial charge on any atom is 0.343 e. The van der Waals surface area contributed by atoms with Gasteiger partial charge in [-0.05, 0) is 16.8 Å². The molecule has 0 atom stereocenters. The number of ether oxygens (including phenoxy) is 2. The molecule has 0 aliphatic carbocycles. The SMILES string of the molecule is COC(=O)COc1cc(O)c2c(=O)c3c(ccc4ccccc43)oc2c1. The molecule has 0 fully saturated rings. The minimum atomic E-state index is -0.559. The molecule has 0 aliphatic rings. The Morgan fingerprint density at radius 2 is 1.88 bits per heavy atom. The lowest BCUT2D eigenvalue weighted by molar-refractivity contribution is -0.142. The van der Waals surface area contributed by atoms with Crippen LogP contribution in [0.25, 0.3) is 32.7 Å². The summed E-state index contributed by atoms with van der Waals surface area (Å²) in [5.74, 6) is -0.634. The third-order valence-corrected chi connectivity index (χ3v) is 4.20. The molecule has 1 aromatic heterocycles. The monoisotopic (exact) mass is 350 g/mol. The van der Waals surface area contributed by atoms with Crippen molar-refractivity contribution in [1.82, 2.24) is 0 Å². The zero-order valence-electron chi connectivity index (χ0n) is 13.8. The van der Waals surface area contributed by atoms with Gasteiger partial charge in [-0.3, -0.25) is 4.79 Å². The summed E-state index contributed by atoms with van der Waals surface area (Å²) in [4.78, 5) is 24.2. The van der Waals surface area contributed by atoms with E-state index in [1.165, 1.54) is 19.2 Å². The number of carbonyl (C=O) groups is 1. The normalized spacial score (nSPS) is 11.1. The second-order valence-corrected chi connectivity index (χ2v) is 5.77. The van der Waals surface area contributed by atoms with E-state index in [2.05, 4.69) is 4.74 Å². The van der Waals surface area contributed by atoms with Crippen molar-refractivity contribution in [2.75, 3.05) is 13.7 Å². The summed E-state index contributed by atoms with van der Waals surface area (Å²) in [6.45, 7) is -0.316. The van der Waals surface area contributed by atoms with E-state index >= 15 is 0 Å². The predicted octanol–water partition coefficient (Wildman–Crippen LogP) is 3.36. The summed E-state index contributed by atoms with van der Waals surface area (Å²) in [6.07, 6.45) is 0. The van der Waals surface area contributed by atoms with Crippen LogP contribution < -0.4 is 10.2 Å². The molecule has 0 saturated carbocycles. The number of phenolic OH excluding ortho intramolecular Hbond substituents is 1. The van der Waals surface area contributed by atoms with E-state index in [1.807, 2.05) is 30.3 Å². The molecule has 130 valence electrons. The molecule has 4 rings (SSSR count). The highest BCUT2D eigenvalue weighted by atomic mass is 16.6. The number of benzene rings is 3. The number of hydrogen-bond donors (Lipinski definition) is 1. The van der Waals surface area contributed by atoms with Crippen molar-refractivity contribution in [2.45, 2.75) is 0 Å². The van der Waals surface area contributed by atoms with Gasteiger partial charge in [0.15, 0.2) is 6.61 Å². The number of hydrogen-bond acceptors (Lipinski definition) is 6. The van der Waals surface area contributed by atoms with E-state index in [-0.39, 0.29) is 34.5 Å². The second-order valence-electron chi connectivity index (χ2n) is 5.77. The molecule has 0 aliphatic heterocycles. The molecular formula is C20H14O6. The van der Waals surface area contributed by atoms with Crippen LogP contribution in [-0.2, 0) is 9.53 Å². The molecule has 0 radical (unpaired) electrons. The zero-order chi connectivity index (χ0) is 18.3. The van der Waals surface area contributed by atoms with Crippen LogP contribution in [0.15, 0.2) is 57.7 Å². The Kier molecular flexibility index (Phi) is 3.73. The van der Waals surface area contributed by atoms with Crippen molar-refractivity contribution in [3.8, 4) is 11.5 Å². The highest BCUT2D eigenvalue weighted by molar-refractivity contribution is 6.08. The highest BCUT2D eigenvalue weighted by Crippen LogP contribution is 2.32. The summed E-state index contributed by atoms with van der Waals surface area (Å²) in [7, 11) is 1.25. The van der Waals surface area contributed by atoms with Crippen molar-refractivity contribution in [3.05, 3.63) is 58.8 Å². The number of aromatic hydroxyl groups is 1. The van der Waals surface area contributed by atoms with Crippen molar-refractivity contribution >= 4 is 38.7 Å². The molecular weight excluding hydrogens is 336 g/mol. The molecule has 0 spiro atoms. The van der Waals surface area contributed by atoms with E-state index < -0.39 is 5.97 Å². The van der Waals surface area contributed by atoms with Crippen LogP contribution in [0.3, 0.4) is 0 Å². The fourth-order valence-electron chi connectivity index (χ4n) is 2.98. The van der Waals surface area contributed by atoms with Crippen molar-refractivity contribution < 1.29 is 23.8 Å². The van der Waals surface area contributed by atoms with Gasteiger partial charge in [-0.1, -0.05) is 30.3 Å². The lowest BCUT2D eigenvalue weighted by Crippen LogP contribution is -2.12. The predicted molar refractivity (Wildman–Crippen MR) is 96.7 cm³/mol. The van der Waals surface area contributed by atoms with Gasteiger partial charge in [0.25, 0.3) is 0 Å². The Bertz CT molecular complexity index is 1220. The van der Waals surface area contributed by atoms with E-state index in [1.54, 1.807) is 6.07 Å². The topological polar surface area (TPSA) is 86.0 Å². The van der Waals surface area contributed by atoms with Crippen molar-refractivity contribution in [1.29, 1.82) is 0 Å². The van der Waals surface area contributed by atoms with Crippen LogP contribution in [0.5, 0.6) is 11.5 Å². The zero-order valence-corrected chi connectivity index (χ0v) is 13.8. The average Bonchev–Trinajstić information content (AvgIpc) is 2.65. The highest BCUT2D eigenvalue weighted by Gasteiger charge is 2.16. The van der Waals surface area contributed by atoms with Crippen LogP contribution in [0.4, 0.5) is 0 Å². The quantitative estimate of drug-likeness (QED) is 0.346. The molecule has 0 amide bonds. The third kappa shape index (κ3) is 2.52. The molecule has 6 nitrogen and oxygen atoms in total. The molecule has 6 heteroatoms. The molecule has 1 heterocycles. The number of fused-ring (bicyclic) bond motifs is 4. The minimum absolute atomic E-state index is 0.0688. The third-order valence-electron chi connectivity index (χ3n) is 4.20. The van der Waals surface area contributed by atoms with E-state index in [0.717, 1.165) is 10.8 Å². The number of phenols is 1. The second kappa shape index (κ2) is 6.07. The molecule has 0 bridgehead atoms. The first-order chi connectivity index (χ1) is 12.6. The van der Waals surface area contributed by atoms with Gasteiger partial charge in [-0.2, -0.15) is 0 Å². The number of rotatable bonds is 3. The Hall–Kier alpha value is -3.54. The van der Waals surface area contributed by atoms with Gasteiger partial charge in [-0.15, -0.1) is 0 Å². The largest absolute Gasteiger partial charge is 0.507 e. The van der Waals surface area contributed by atoms with Crippen LogP contribution >= 0.6 is 0 Å². The average molecular weight is 350 g/mol. The first kappa shape index (κ1) is 16.0. The number of carbonyl (C=O) groups excluding carboxylic acids is 1. The Morgan fingerprint density at radius 1 is 1.08 bits per heavy atom. The molecule has 3 aromatic carbocycles. The van der Waals surface area contributed by atoms with Crippen LogP contribution in [0.1, 0.15) is 0 Å². The number of methoxy groups -OCH3 is 1. The molecule has 0 unspecified atom stereocenters. The molecule has 0 saturated heterocycles. The maximum atomic E-state index is 13.0. The summed E-state index contributed by atoms with van der Waals surface area (Å²) < 4.78 is 15.6. The smallest absolute Gasteiger partial charge is 0.343 e. The van der Waals surface area contributed by atoms with Gasteiger partial charge in [-0.25, -0.2) is 4.79 Å². The maximum absolute atomic E-state index is 13.0. The fourth-order valence-corrected chi connectivity index (χ4v) is 2.98. The van der Waals surface area contributed by atoms with Crippen molar-refractivity contribution in [3.63, 3.8) is 0 Å². The lowest BCUT2D eigenvalue weighted by atomic mass is 10.0. The first-order valence-corrected chi connectivity index (χ1v) is 7.89. The van der Waals surface area contributed by atoms with Gasteiger partial charge in [0.1, 0.15) is 28.1 Å². The van der Waals surface area contributed by atoms with Gasteiger partial charge in [0.2, 0.25) is 5.43 Å². The summed E-state index contributed by atoms with van der Waals surface area (Å²) >= 11 is 0. The molecule has 1 N–H and O–H groups in total. The van der Waals surface area contributed by atoms with Crippen LogP contribution in [0, 0.1) is 0 Å². The fraction of sp³-hybridized carbons (Fsp3) is 0.100. The van der Waals surface area contributed by atoms with E-state index in [0.29, 0.717) is 11.0 Å². The van der Waals surface area contributed by atoms with Crippen LogP contribution in [0.2, 0.25) is 0 Å². The molecule has 26 heavy (non-hydrogen) atoms. The van der Waals surface area contributed by atoms with Gasteiger partial charge >= 0.3 is 5.97 Å². The summed E-state index contributed by atoms with van der Waals surface area (Å²) in [6, 6.07) is 13.8. The first-order valence-electron chi connectivity index (χ1n) is 7.89. The number of esters is 1. The summed E-state index contributed by atoms with van der Waals surface area (Å²) in [5, 5.41) is 12.5. The molecule has 4 aromatic rings. The van der Waals surface area contributed by atoms with Gasteiger partial charge in [0.05, 0.1) is 12.5 Å². The lowest BCUT2D eigenvalue weighted by Gasteiger charge is -2.09. The standard InChI is InChI=1S/C20H14O6/c1-24-17(22)10-25-12-8-14(21)19-16(9-12)26-15-7-6-11-4-2-3-5-13(11)18(15)20(19)23/h2-9,21H,10H2,1H3. The van der Waals surface area contributed by atoms with E-state index in [4.69, 9.17) is 9.15 Å². The van der Waals surface area contributed by atoms with Gasteiger partial charge < -0.3 is 19.0 Å². The van der Waals surface area contributed by atoms with Gasteiger partial charge in [0, 0.05) is 12.1 Å². The Balaban J connectivity index is 1.96. The Morgan fingerprint density at radius 3 is 2.69 bits per heavy atom. The Labute approximate surface area is 147 Å². The van der Waals surface area contributed by atoms with Crippen LogP contribution in [-0.4, -0.2) is 24.8 Å². The van der Waals surface area contributed by atoms with Crippen molar-refractivity contribution in [2.24, 2.45) is 0 Å². The van der Waals surface area contributed by atoms with E-state index in [9.17, 15) is 14.7 Å². The minimum Gasteiger partial charge on any atom is -0.507 e.